The molecule has 2 aromatic heterocycles. The van der Waals surface area contributed by atoms with Gasteiger partial charge in [0.05, 0.1) is 10.9 Å². The molecule has 3 aromatic rings. The van der Waals surface area contributed by atoms with Crippen LogP contribution in [0.5, 0.6) is 0 Å². The van der Waals surface area contributed by atoms with E-state index < -0.39 is 0 Å². The van der Waals surface area contributed by atoms with Gasteiger partial charge >= 0.3 is 0 Å². The van der Waals surface area contributed by atoms with Crippen LogP contribution in [-0.2, 0) is 4.79 Å². The fourth-order valence-corrected chi connectivity index (χ4v) is 4.15. The number of rotatable bonds is 3. The number of carbonyl (C=O) groups excluding carboxylic acids is 1. The van der Waals surface area contributed by atoms with E-state index in [2.05, 4.69) is 21.4 Å². The SMILES string of the molecule is Cc1ccc(N2C[C@H](n3ccnc3-c3cc(C#CCO)cs3)CC2=O)cc1. The molecule has 1 aromatic carbocycles. The second-order valence-electron chi connectivity index (χ2n) is 6.52. The standard InChI is InChI=1S/C21H19N3O2S/c1-15-4-6-17(7-5-15)24-13-18(12-20(24)26)23-9-8-22-21(23)19-11-16(14-27-19)3-2-10-25/h4-9,11,14,18,25H,10,12-13H2,1H3/t18-/m1/s1. The van der Waals surface area contributed by atoms with E-state index in [0.717, 1.165) is 22.0 Å². The van der Waals surface area contributed by atoms with E-state index in [0.29, 0.717) is 13.0 Å². The molecule has 1 N–H and O–H groups in total. The van der Waals surface area contributed by atoms with Gasteiger partial charge < -0.3 is 14.6 Å². The predicted molar refractivity (Wildman–Crippen MR) is 107 cm³/mol. The van der Waals surface area contributed by atoms with E-state index in [-0.39, 0.29) is 18.6 Å². The van der Waals surface area contributed by atoms with Crippen LogP contribution in [0.3, 0.4) is 0 Å². The van der Waals surface area contributed by atoms with Gasteiger partial charge in [0, 0.05) is 42.0 Å². The Kier molecular flexibility index (Phi) is 4.80. The predicted octanol–water partition coefficient (Wildman–Crippen LogP) is 3.24. The molecular weight excluding hydrogens is 358 g/mol. The van der Waals surface area contributed by atoms with Crippen LogP contribution in [0.15, 0.2) is 48.1 Å². The number of nitrogens with zero attached hydrogens (tertiary/aromatic N) is 3. The van der Waals surface area contributed by atoms with Crippen molar-refractivity contribution in [2.24, 2.45) is 0 Å². The first-order valence-electron chi connectivity index (χ1n) is 8.74. The van der Waals surface area contributed by atoms with Crippen molar-refractivity contribution in [1.82, 2.24) is 9.55 Å². The molecule has 0 aliphatic carbocycles. The molecule has 0 spiro atoms. The third-order valence-electron chi connectivity index (χ3n) is 4.64. The molecule has 0 unspecified atom stereocenters. The van der Waals surface area contributed by atoms with Gasteiger partial charge in [-0.1, -0.05) is 29.5 Å². The van der Waals surface area contributed by atoms with Gasteiger partial charge in [0.15, 0.2) is 0 Å². The largest absolute Gasteiger partial charge is 0.384 e. The topological polar surface area (TPSA) is 58.4 Å². The zero-order valence-electron chi connectivity index (χ0n) is 14.9. The molecular formula is C21H19N3O2S. The summed E-state index contributed by atoms with van der Waals surface area (Å²) in [5.41, 5.74) is 2.98. The van der Waals surface area contributed by atoms with Crippen LogP contribution in [0, 0.1) is 18.8 Å². The van der Waals surface area contributed by atoms with Gasteiger partial charge in [-0.05, 0) is 25.1 Å². The van der Waals surface area contributed by atoms with Crippen LogP contribution < -0.4 is 4.90 Å². The number of benzene rings is 1. The first kappa shape index (κ1) is 17.5. The first-order valence-corrected chi connectivity index (χ1v) is 9.62. The van der Waals surface area contributed by atoms with Gasteiger partial charge in [-0.15, -0.1) is 11.3 Å². The number of aromatic nitrogens is 2. The zero-order valence-corrected chi connectivity index (χ0v) is 15.7. The van der Waals surface area contributed by atoms with Crippen molar-refractivity contribution in [3.63, 3.8) is 0 Å². The van der Waals surface area contributed by atoms with Crippen LogP contribution in [-0.4, -0.2) is 33.7 Å². The number of anilines is 1. The monoisotopic (exact) mass is 377 g/mol. The number of hydrogen-bond acceptors (Lipinski definition) is 4. The highest BCUT2D eigenvalue weighted by Crippen LogP contribution is 2.33. The van der Waals surface area contributed by atoms with Crippen molar-refractivity contribution < 1.29 is 9.90 Å². The number of carbonyl (C=O) groups is 1. The first-order chi connectivity index (χ1) is 13.2. The molecule has 6 heteroatoms. The number of aliphatic hydroxyl groups excluding tert-OH is 1. The lowest BCUT2D eigenvalue weighted by Crippen LogP contribution is -2.24. The lowest BCUT2D eigenvalue weighted by atomic mass is 10.2. The Balaban J connectivity index is 1.59. The van der Waals surface area contributed by atoms with Crippen molar-refractivity contribution >= 4 is 22.9 Å². The molecule has 27 heavy (non-hydrogen) atoms. The minimum Gasteiger partial charge on any atom is -0.384 e. The van der Waals surface area contributed by atoms with Crippen LogP contribution in [0.2, 0.25) is 0 Å². The molecule has 0 bridgehead atoms. The Hall–Kier alpha value is -2.88. The van der Waals surface area contributed by atoms with Crippen molar-refractivity contribution in [2.75, 3.05) is 18.1 Å². The van der Waals surface area contributed by atoms with Gasteiger partial charge in [0.1, 0.15) is 12.4 Å². The fraction of sp³-hybridized carbons (Fsp3) is 0.238. The van der Waals surface area contributed by atoms with Crippen molar-refractivity contribution in [3.05, 3.63) is 59.2 Å². The molecule has 5 nitrogen and oxygen atoms in total. The molecule has 136 valence electrons. The van der Waals surface area contributed by atoms with Crippen LogP contribution in [0.4, 0.5) is 5.69 Å². The number of hydrogen-bond donors (Lipinski definition) is 1. The van der Waals surface area contributed by atoms with E-state index in [4.69, 9.17) is 5.11 Å². The Bertz CT molecular complexity index is 1020. The zero-order chi connectivity index (χ0) is 18.8. The van der Waals surface area contributed by atoms with E-state index in [1.807, 2.05) is 53.7 Å². The van der Waals surface area contributed by atoms with Crippen molar-refractivity contribution in [3.8, 4) is 22.5 Å². The van der Waals surface area contributed by atoms with Gasteiger partial charge in [-0.2, -0.15) is 0 Å². The molecule has 0 saturated carbocycles. The summed E-state index contributed by atoms with van der Waals surface area (Å²) in [7, 11) is 0. The highest BCUT2D eigenvalue weighted by atomic mass is 32.1. The summed E-state index contributed by atoms with van der Waals surface area (Å²) in [5.74, 6) is 6.55. The van der Waals surface area contributed by atoms with Crippen LogP contribution in [0.25, 0.3) is 10.7 Å². The average molecular weight is 377 g/mol. The minimum atomic E-state index is -0.154. The molecule has 3 heterocycles. The normalized spacial score (nSPS) is 16.4. The molecule has 1 fully saturated rings. The quantitative estimate of drug-likeness (QED) is 0.713. The van der Waals surface area contributed by atoms with Gasteiger partial charge in [0.25, 0.3) is 0 Å². The van der Waals surface area contributed by atoms with E-state index in [1.54, 1.807) is 17.5 Å². The molecule has 4 rings (SSSR count). The van der Waals surface area contributed by atoms with E-state index in [9.17, 15) is 4.79 Å². The molecule has 0 radical (unpaired) electrons. The lowest BCUT2D eigenvalue weighted by Gasteiger charge is -2.18. The number of aliphatic hydroxyl groups is 1. The van der Waals surface area contributed by atoms with Crippen molar-refractivity contribution in [1.29, 1.82) is 0 Å². The highest BCUT2D eigenvalue weighted by molar-refractivity contribution is 7.13. The minimum absolute atomic E-state index is 0.0466. The lowest BCUT2D eigenvalue weighted by molar-refractivity contribution is -0.117. The van der Waals surface area contributed by atoms with Crippen molar-refractivity contribution in [2.45, 2.75) is 19.4 Å². The Morgan fingerprint density at radius 3 is 2.93 bits per heavy atom. The summed E-state index contributed by atoms with van der Waals surface area (Å²) >= 11 is 1.56. The van der Waals surface area contributed by atoms with Gasteiger partial charge in [-0.25, -0.2) is 4.98 Å². The average Bonchev–Trinajstić information content (AvgIpc) is 3.39. The molecule has 1 aliphatic rings. The Labute approximate surface area is 161 Å². The van der Waals surface area contributed by atoms with Crippen LogP contribution >= 0.6 is 11.3 Å². The second kappa shape index (κ2) is 7.39. The number of thiophene rings is 1. The summed E-state index contributed by atoms with van der Waals surface area (Å²) in [5, 5.41) is 10.8. The number of aryl methyl sites for hydroxylation is 1. The summed E-state index contributed by atoms with van der Waals surface area (Å²) in [6, 6.07) is 10.1. The third kappa shape index (κ3) is 3.52. The maximum Gasteiger partial charge on any atom is 0.229 e. The third-order valence-corrected chi connectivity index (χ3v) is 5.57. The molecule has 1 amide bonds. The molecule has 1 atom stereocenters. The summed E-state index contributed by atoms with van der Waals surface area (Å²) in [6.07, 6.45) is 4.16. The van der Waals surface area contributed by atoms with E-state index >= 15 is 0 Å². The Morgan fingerprint density at radius 1 is 1.33 bits per heavy atom. The fourth-order valence-electron chi connectivity index (χ4n) is 3.31. The number of amides is 1. The van der Waals surface area contributed by atoms with Gasteiger partial charge in [-0.3, -0.25) is 4.79 Å². The summed E-state index contributed by atoms with van der Waals surface area (Å²) in [4.78, 5) is 19.9. The smallest absolute Gasteiger partial charge is 0.229 e. The maximum absolute atomic E-state index is 12.6. The maximum atomic E-state index is 12.6. The molecule has 1 aliphatic heterocycles. The van der Waals surface area contributed by atoms with Crippen LogP contribution in [0.1, 0.15) is 23.6 Å². The summed E-state index contributed by atoms with van der Waals surface area (Å²) < 4.78 is 2.08. The highest BCUT2D eigenvalue weighted by Gasteiger charge is 2.32. The van der Waals surface area contributed by atoms with Gasteiger partial charge in [0.2, 0.25) is 5.91 Å². The second-order valence-corrected chi connectivity index (χ2v) is 7.43. The number of imidazole rings is 1. The Morgan fingerprint density at radius 2 is 2.15 bits per heavy atom. The van der Waals surface area contributed by atoms with E-state index in [1.165, 1.54) is 5.56 Å². The summed E-state index contributed by atoms with van der Waals surface area (Å²) in [6.45, 7) is 2.52. The molecule has 1 saturated heterocycles.